The quantitative estimate of drug-likeness (QED) is 0.200. The Balaban J connectivity index is 1.37. The molecule has 0 spiro atoms. The van der Waals surface area contributed by atoms with Crippen LogP contribution in [0.2, 0.25) is 5.02 Å². The summed E-state index contributed by atoms with van der Waals surface area (Å²) in [6, 6.07) is 23.3. The van der Waals surface area contributed by atoms with Gasteiger partial charge in [0, 0.05) is 40.3 Å². The molecule has 9 heteroatoms. The van der Waals surface area contributed by atoms with E-state index in [-0.39, 0.29) is 22.7 Å². The van der Waals surface area contributed by atoms with E-state index in [0.29, 0.717) is 17.7 Å². The second-order valence-electron chi connectivity index (χ2n) is 10.1. The van der Waals surface area contributed by atoms with Crippen molar-refractivity contribution in [2.24, 2.45) is 0 Å². The summed E-state index contributed by atoms with van der Waals surface area (Å²) < 4.78 is 42.5. The summed E-state index contributed by atoms with van der Waals surface area (Å²) in [5.74, 6) is -1.47. The molecule has 4 aromatic carbocycles. The van der Waals surface area contributed by atoms with Crippen LogP contribution in [0.15, 0.2) is 84.9 Å². The van der Waals surface area contributed by atoms with Crippen LogP contribution >= 0.6 is 11.6 Å². The van der Waals surface area contributed by atoms with Crippen molar-refractivity contribution >= 4 is 34.4 Å². The second kappa shape index (κ2) is 11.4. The van der Waals surface area contributed by atoms with Crippen LogP contribution in [0, 0.1) is 13.8 Å². The van der Waals surface area contributed by atoms with Crippen molar-refractivity contribution in [2.75, 3.05) is 0 Å². The number of carbonyl (C=O) groups excluding carboxylic acids is 1. The van der Waals surface area contributed by atoms with E-state index in [0.717, 1.165) is 39.4 Å². The zero-order valence-electron chi connectivity index (χ0n) is 22.7. The van der Waals surface area contributed by atoms with Crippen molar-refractivity contribution < 1.29 is 27.9 Å². The molecule has 0 fully saturated rings. The van der Waals surface area contributed by atoms with Crippen LogP contribution in [0.4, 0.5) is 13.2 Å². The van der Waals surface area contributed by atoms with Gasteiger partial charge in [0.25, 0.3) is 5.91 Å². The number of carboxylic acids is 1. The minimum atomic E-state index is -4.59. The van der Waals surface area contributed by atoms with Gasteiger partial charge in [-0.25, -0.2) is 4.79 Å². The molecule has 0 saturated heterocycles. The Kier molecular flexibility index (Phi) is 7.84. The first-order valence-electron chi connectivity index (χ1n) is 13.1. The van der Waals surface area contributed by atoms with Crippen molar-refractivity contribution in [2.45, 2.75) is 33.1 Å². The Morgan fingerprint density at radius 2 is 1.64 bits per heavy atom. The zero-order chi connectivity index (χ0) is 30.2. The predicted molar refractivity (Wildman–Crippen MR) is 157 cm³/mol. The fourth-order valence-electron chi connectivity index (χ4n) is 5.13. The largest absolute Gasteiger partial charge is 0.478 e. The fourth-order valence-corrected chi connectivity index (χ4v) is 5.30. The number of hydrogen-bond acceptors (Lipinski definition) is 2. The lowest BCUT2D eigenvalue weighted by molar-refractivity contribution is -0.138. The number of aromatic nitrogens is 1. The van der Waals surface area contributed by atoms with E-state index in [1.807, 2.05) is 44.2 Å². The number of hydrogen-bond donors (Lipinski definition) is 2. The molecule has 1 heterocycles. The highest BCUT2D eigenvalue weighted by Crippen LogP contribution is 2.34. The molecule has 2 N–H and O–H groups in total. The first-order chi connectivity index (χ1) is 19.9. The third kappa shape index (κ3) is 5.76. The maximum absolute atomic E-state index is 13.4. The van der Waals surface area contributed by atoms with E-state index in [1.165, 1.54) is 12.1 Å². The Morgan fingerprint density at radius 3 is 2.33 bits per heavy atom. The van der Waals surface area contributed by atoms with Crippen LogP contribution in [-0.2, 0) is 19.3 Å². The number of carbonyl (C=O) groups is 2. The van der Waals surface area contributed by atoms with Crippen molar-refractivity contribution in [3.8, 4) is 11.1 Å². The standard InChI is InChI=1S/C33H26ClF3N2O3/c1-19-20(2)39(18-21-7-9-22(10-8-21)26-5-3-4-6-27(26)32(41)42)30-14-12-23(15-28(19)30)31(40)38-17-24-11-13-25(34)16-29(24)33(35,36)37/h3-16H,17-18H2,1-2H3,(H,38,40)(H,41,42). The van der Waals surface area contributed by atoms with Gasteiger partial charge in [-0.1, -0.05) is 60.1 Å². The number of benzene rings is 4. The molecule has 0 atom stereocenters. The van der Waals surface area contributed by atoms with E-state index in [9.17, 15) is 27.9 Å². The van der Waals surface area contributed by atoms with Gasteiger partial charge < -0.3 is 15.0 Å². The summed E-state index contributed by atoms with van der Waals surface area (Å²) in [5, 5.41) is 13.0. The van der Waals surface area contributed by atoms with Crippen molar-refractivity contribution in [1.29, 1.82) is 0 Å². The van der Waals surface area contributed by atoms with Crippen molar-refractivity contribution in [3.05, 3.63) is 129 Å². The number of rotatable bonds is 7. The van der Waals surface area contributed by atoms with Crippen LogP contribution in [0.25, 0.3) is 22.0 Å². The minimum Gasteiger partial charge on any atom is -0.478 e. The average Bonchev–Trinajstić information content (AvgIpc) is 3.20. The number of aromatic carboxylic acids is 1. The number of fused-ring (bicyclic) bond motifs is 1. The maximum atomic E-state index is 13.4. The summed E-state index contributed by atoms with van der Waals surface area (Å²) in [6.45, 7) is 4.21. The van der Waals surface area contributed by atoms with Crippen LogP contribution in [0.3, 0.4) is 0 Å². The van der Waals surface area contributed by atoms with Crippen LogP contribution in [0.5, 0.6) is 0 Å². The predicted octanol–water partition coefficient (Wildman–Crippen LogP) is 8.27. The number of aryl methyl sites for hydroxylation is 1. The van der Waals surface area contributed by atoms with Gasteiger partial charge in [0.2, 0.25) is 0 Å². The van der Waals surface area contributed by atoms with Gasteiger partial charge in [0.15, 0.2) is 0 Å². The monoisotopic (exact) mass is 590 g/mol. The number of alkyl halides is 3. The second-order valence-corrected chi connectivity index (χ2v) is 10.5. The molecule has 0 radical (unpaired) electrons. The Hall–Kier alpha value is -4.56. The molecular formula is C33H26ClF3N2O3. The molecule has 5 nitrogen and oxygen atoms in total. The van der Waals surface area contributed by atoms with Gasteiger partial charge in [-0.3, -0.25) is 4.79 Å². The van der Waals surface area contributed by atoms with E-state index in [2.05, 4.69) is 9.88 Å². The van der Waals surface area contributed by atoms with E-state index < -0.39 is 23.6 Å². The lowest BCUT2D eigenvalue weighted by atomic mass is 9.99. The zero-order valence-corrected chi connectivity index (χ0v) is 23.5. The summed E-state index contributed by atoms with van der Waals surface area (Å²) in [7, 11) is 0. The van der Waals surface area contributed by atoms with Crippen LogP contribution in [-0.4, -0.2) is 21.6 Å². The molecule has 42 heavy (non-hydrogen) atoms. The van der Waals surface area contributed by atoms with Crippen molar-refractivity contribution in [3.63, 3.8) is 0 Å². The van der Waals surface area contributed by atoms with E-state index >= 15 is 0 Å². The number of halogens is 4. The normalized spacial score (nSPS) is 11.6. The van der Waals surface area contributed by atoms with Gasteiger partial charge in [0.05, 0.1) is 11.1 Å². The number of nitrogens with zero attached hydrogens (tertiary/aromatic N) is 1. The summed E-state index contributed by atoms with van der Waals surface area (Å²) in [6.07, 6.45) is -4.59. The van der Waals surface area contributed by atoms with E-state index in [4.69, 9.17) is 11.6 Å². The lowest BCUT2D eigenvalue weighted by Gasteiger charge is -2.14. The highest BCUT2D eigenvalue weighted by molar-refractivity contribution is 6.30. The minimum absolute atomic E-state index is 0.0299. The molecule has 1 amide bonds. The smallest absolute Gasteiger partial charge is 0.416 e. The maximum Gasteiger partial charge on any atom is 0.416 e. The molecule has 0 bridgehead atoms. The highest BCUT2D eigenvalue weighted by Gasteiger charge is 2.33. The Labute approximate surface area is 245 Å². The molecule has 0 aliphatic rings. The average molecular weight is 591 g/mol. The number of nitrogens with one attached hydrogen (secondary N) is 1. The molecule has 0 aliphatic carbocycles. The molecular weight excluding hydrogens is 565 g/mol. The Morgan fingerprint density at radius 1 is 0.929 bits per heavy atom. The highest BCUT2D eigenvalue weighted by atomic mass is 35.5. The third-order valence-corrected chi connectivity index (χ3v) is 7.72. The van der Waals surface area contributed by atoms with Crippen LogP contribution in [0.1, 0.15) is 48.7 Å². The molecule has 5 rings (SSSR count). The lowest BCUT2D eigenvalue weighted by Crippen LogP contribution is -2.24. The van der Waals surface area contributed by atoms with Gasteiger partial charge >= 0.3 is 12.1 Å². The SMILES string of the molecule is Cc1c(C)n(Cc2ccc(-c3ccccc3C(=O)O)cc2)c2ccc(C(=O)NCc3ccc(Cl)cc3C(F)(F)F)cc12. The van der Waals surface area contributed by atoms with Crippen molar-refractivity contribution in [1.82, 2.24) is 9.88 Å². The third-order valence-electron chi connectivity index (χ3n) is 7.48. The van der Waals surface area contributed by atoms with Crippen LogP contribution < -0.4 is 5.32 Å². The van der Waals surface area contributed by atoms with Gasteiger partial charge in [-0.2, -0.15) is 13.2 Å². The fraction of sp³-hybridized carbons (Fsp3) is 0.152. The van der Waals surface area contributed by atoms with E-state index in [1.54, 1.807) is 36.4 Å². The molecule has 0 aliphatic heterocycles. The Bertz CT molecular complexity index is 1830. The molecule has 5 aromatic rings. The topological polar surface area (TPSA) is 71.3 Å². The first kappa shape index (κ1) is 29.0. The molecule has 0 unspecified atom stereocenters. The summed E-state index contributed by atoms with van der Waals surface area (Å²) in [5.41, 5.74) is 5.00. The van der Waals surface area contributed by atoms with Gasteiger partial charge in [-0.05, 0) is 78.1 Å². The first-order valence-corrected chi connectivity index (χ1v) is 13.5. The molecule has 1 aromatic heterocycles. The summed E-state index contributed by atoms with van der Waals surface area (Å²) in [4.78, 5) is 24.6. The molecule has 214 valence electrons. The number of carboxylic acid groups (broad SMARTS) is 1. The number of amides is 1. The van der Waals surface area contributed by atoms with Gasteiger partial charge in [-0.15, -0.1) is 0 Å². The van der Waals surface area contributed by atoms with Gasteiger partial charge in [0.1, 0.15) is 0 Å². The molecule has 0 saturated carbocycles. The summed E-state index contributed by atoms with van der Waals surface area (Å²) >= 11 is 5.76.